The lowest BCUT2D eigenvalue weighted by molar-refractivity contribution is -0.136. The summed E-state index contributed by atoms with van der Waals surface area (Å²) >= 11 is 7.39. The number of thioether (sulfide) groups is 1. The van der Waals surface area contributed by atoms with E-state index >= 15 is 0 Å². The van der Waals surface area contributed by atoms with Crippen LogP contribution in [0.15, 0.2) is 22.7 Å². The molecule has 0 bridgehead atoms. The third-order valence-corrected chi connectivity index (χ3v) is 5.57. The Morgan fingerprint density at radius 2 is 2.12 bits per heavy atom. The zero-order valence-corrected chi connectivity index (χ0v) is 15.1. The number of hydrogen-bond donors (Lipinski definition) is 3. The molecule has 3 N–H and O–H groups in total. The predicted molar refractivity (Wildman–Crippen MR) is 92.9 cm³/mol. The highest BCUT2D eigenvalue weighted by Gasteiger charge is 2.39. The van der Waals surface area contributed by atoms with Gasteiger partial charge in [0.05, 0.1) is 5.56 Å². The van der Waals surface area contributed by atoms with E-state index in [1.807, 2.05) is 0 Å². The first-order valence-electron chi connectivity index (χ1n) is 7.83. The number of hydroxylamine groups is 1. The molecule has 26 heavy (non-hydrogen) atoms. The molecule has 1 aliphatic heterocycles. The largest absolute Gasteiger partial charge is 0.353 e. The van der Waals surface area contributed by atoms with E-state index in [9.17, 15) is 13.6 Å². The topological polar surface area (TPSA) is 87.4 Å². The van der Waals surface area contributed by atoms with E-state index in [2.05, 4.69) is 10.5 Å². The minimum atomic E-state index is -1.02. The Bertz CT molecular complexity index is 812. The van der Waals surface area contributed by atoms with Gasteiger partial charge in [-0.2, -0.15) is 11.8 Å². The highest BCUT2D eigenvalue weighted by atomic mass is 35.5. The molecule has 1 fully saturated rings. The van der Waals surface area contributed by atoms with Crippen LogP contribution in [0, 0.1) is 11.6 Å². The van der Waals surface area contributed by atoms with Crippen LogP contribution in [-0.2, 0) is 11.3 Å². The summed E-state index contributed by atoms with van der Waals surface area (Å²) in [6.07, 6.45) is 0.949. The van der Waals surface area contributed by atoms with Gasteiger partial charge in [0.15, 0.2) is 5.82 Å². The van der Waals surface area contributed by atoms with E-state index in [0.717, 1.165) is 17.6 Å². The monoisotopic (exact) mass is 403 g/mol. The second-order valence-corrected chi connectivity index (χ2v) is 7.55. The van der Waals surface area contributed by atoms with Crippen LogP contribution in [0.2, 0.25) is 5.02 Å². The molecule has 0 unspecified atom stereocenters. The van der Waals surface area contributed by atoms with Crippen molar-refractivity contribution in [2.75, 3.05) is 11.5 Å². The molecule has 1 aromatic carbocycles. The number of carbonyl (C=O) groups excluding carboxylic acids is 1. The van der Waals surface area contributed by atoms with E-state index in [-0.39, 0.29) is 28.6 Å². The summed E-state index contributed by atoms with van der Waals surface area (Å²) in [6.45, 7) is -0.109. The van der Waals surface area contributed by atoms with Gasteiger partial charge in [-0.1, -0.05) is 16.8 Å². The van der Waals surface area contributed by atoms with Crippen molar-refractivity contribution >= 4 is 29.3 Å². The smallest absolute Gasteiger partial charge is 0.263 e. The summed E-state index contributed by atoms with van der Waals surface area (Å²) in [5.74, 6) is -1.01. The van der Waals surface area contributed by atoms with Gasteiger partial charge in [-0.05, 0) is 42.5 Å². The van der Waals surface area contributed by atoms with Gasteiger partial charge in [-0.25, -0.2) is 14.3 Å². The summed E-state index contributed by atoms with van der Waals surface area (Å²) in [6, 6.07) is 3.77. The molecule has 1 aromatic heterocycles. The standard InChI is InChI=1S/C16H16ClF2N3O3S/c17-9-1-2-10(11(18)7-9)14-13(19)12(22-25-14)8-20-16(15(23)21-24)3-5-26-6-4-16/h1-2,7,20,24H,3-6,8H2,(H,21,23). The Morgan fingerprint density at radius 1 is 1.38 bits per heavy atom. The Morgan fingerprint density at radius 3 is 2.77 bits per heavy atom. The van der Waals surface area contributed by atoms with Crippen LogP contribution in [0.3, 0.4) is 0 Å². The third kappa shape index (κ3) is 3.71. The minimum absolute atomic E-state index is 0.0855. The van der Waals surface area contributed by atoms with Gasteiger partial charge in [-0.15, -0.1) is 0 Å². The fourth-order valence-corrected chi connectivity index (χ4v) is 4.18. The zero-order valence-electron chi connectivity index (χ0n) is 13.5. The van der Waals surface area contributed by atoms with Crippen molar-refractivity contribution < 1.29 is 23.3 Å². The number of amides is 1. The summed E-state index contributed by atoms with van der Waals surface area (Å²) in [5.41, 5.74) is 0.463. The van der Waals surface area contributed by atoms with Crippen LogP contribution in [0.4, 0.5) is 8.78 Å². The molecule has 1 amide bonds. The van der Waals surface area contributed by atoms with Crippen molar-refractivity contribution in [3.05, 3.63) is 40.6 Å². The molecular formula is C16H16ClF2N3O3S. The molecule has 0 saturated carbocycles. The average Bonchev–Trinajstić information content (AvgIpc) is 3.00. The number of halogens is 3. The molecule has 140 valence electrons. The summed E-state index contributed by atoms with van der Waals surface area (Å²) in [7, 11) is 0. The lowest BCUT2D eigenvalue weighted by atomic mass is 9.91. The number of rotatable bonds is 5. The van der Waals surface area contributed by atoms with Crippen molar-refractivity contribution in [2.24, 2.45) is 0 Å². The summed E-state index contributed by atoms with van der Waals surface area (Å²) in [4.78, 5) is 12.1. The third-order valence-electron chi connectivity index (χ3n) is 4.35. The Hall–Kier alpha value is -1.68. The van der Waals surface area contributed by atoms with E-state index in [1.165, 1.54) is 12.1 Å². The van der Waals surface area contributed by atoms with Gasteiger partial charge in [0.2, 0.25) is 5.76 Å². The number of carbonyl (C=O) groups is 1. The lowest BCUT2D eigenvalue weighted by Gasteiger charge is -2.35. The van der Waals surface area contributed by atoms with Crippen molar-refractivity contribution in [3.8, 4) is 11.3 Å². The molecule has 0 radical (unpaired) electrons. The molecule has 3 rings (SSSR count). The van der Waals surface area contributed by atoms with Gasteiger partial charge < -0.3 is 4.52 Å². The molecule has 0 aliphatic carbocycles. The first-order valence-corrected chi connectivity index (χ1v) is 9.37. The zero-order chi connectivity index (χ0) is 18.7. The second kappa shape index (κ2) is 7.91. The van der Waals surface area contributed by atoms with E-state index in [0.29, 0.717) is 12.8 Å². The van der Waals surface area contributed by atoms with Crippen molar-refractivity contribution in [1.82, 2.24) is 16.0 Å². The number of nitrogens with one attached hydrogen (secondary N) is 2. The normalized spacial score (nSPS) is 16.5. The molecule has 10 heteroatoms. The second-order valence-electron chi connectivity index (χ2n) is 5.89. The minimum Gasteiger partial charge on any atom is -0.353 e. The lowest BCUT2D eigenvalue weighted by Crippen LogP contribution is -2.58. The number of aromatic nitrogens is 1. The van der Waals surface area contributed by atoms with Crippen molar-refractivity contribution in [1.29, 1.82) is 0 Å². The van der Waals surface area contributed by atoms with Crippen LogP contribution in [0.25, 0.3) is 11.3 Å². The number of benzene rings is 1. The van der Waals surface area contributed by atoms with Gasteiger partial charge in [-0.3, -0.25) is 15.3 Å². The molecule has 1 saturated heterocycles. The highest BCUT2D eigenvalue weighted by molar-refractivity contribution is 7.99. The van der Waals surface area contributed by atoms with Gasteiger partial charge in [0, 0.05) is 11.6 Å². The molecule has 2 aromatic rings. The highest BCUT2D eigenvalue weighted by Crippen LogP contribution is 2.31. The quantitative estimate of drug-likeness (QED) is 0.525. The molecule has 0 atom stereocenters. The van der Waals surface area contributed by atoms with Crippen LogP contribution in [0.1, 0.15) is 18.5 Å². The Kier molecular flexibility index (Phi) is 5.81. The van der Waals surface area contributed by atoms with Crippen LogP contribution >= 0.6 is 23.4 Å². The molecular weight excluding hydrogens is 388 g/mol. The van der Waals surface area contributed by atoms with E-state index in [1.54, 1.807) is 17.2 Å². The van der Waals surface area contributed by atoms with Crippen LogP contribution in [-0.4, -0.2) is 33.3 Å². The number of hydrogen-bond acceptors (Lipinski definition) is 6. The van der Waals surface area contributed by atoms with E-state index < -0.39 is 23.1 Å². The van der Waals surface area contributed by atoms with Crippen LogP contribution in [0.5, 0.6) is 0 Å². The van der Waals surface area contributed by atoms with Crippen molar-refractivity contribution in [3.63, 3.8) is 0 Å². The summed E-state index contributed by atoms with van der Waals surface area (Å²) < 4.78 is 33.5. The fraction of sp³-hybridized carbons (Fsp3) is 0.375. The summed E-state index contributed by atoms with van der Waals surface area (Å²) in [5, 5.41) is 15.8. The van der Waals surface area contributed by atoms with Crippen molar-refractivity contribution in [2.45, 2.75) is 24.9 Å². The first kappa shape index (κ1) is 19.1. The maximum atomic E-state index is 14.6. The molecule has 6 nitrogen and oxygen atoms in total. The Balaban J connectivity index is 1.80. The number of nitrogens with zero attached hydrogens (tertiary/aromatic N) is 1. The van der Waals surface area contributed by atoms with Gasteiger partial charge >= 0.3 is 0 Å². The molecule has 0 spiro atoms. The molecule has 1 aliphatic rings. The predicted octanol–water partition coefficient (Wildman–Crippen LogP) is 3.13. The maximum absolute atomic E-state index is 14.6. The van der Waals surface area contributed by atoms with Gasteiger partial charge in [0.25, 0.3) is 5.91 Å². The van der Waals surface area contributed by atoms with Gasteiger partial charge in [0.1, 0.15) is 17.1 Å². The van der Waals surface area contributed by atoms with E-state index in [4.69, 9.17) is 21.3 Å². The molecule has 2 heterocycles. The SMILES string of the molecule is O=C(NO)C1(NCc2noc(-c3ccc(Cl)cc3F)c2F)CCSCC1. The Labute approximate surface area is 157 Å². The maximum Gasteiger partial charge on any atom is 0.263 e. The average molecular weight is 404 g/mol. The fourth-order valence-electron chi connectivity index (χ4n) is 2.83. The first-order chi connectivity index (χ1) is 12.5. The van der Waals surface area contributed by atoms with Crippen LogP contribution < -0.4 is 10.8 Å².